The van der Waals surface area contributed by atoms with E-state index in [0.717, 1.165) is 24.7 Å². The molecule has 1 saturated heterocycles. The van der Waals surface area contributed by atoms with Crippen LogP contribution in [0.5, 0.6) is 0 Å². The number of aromatic nitrogens is 2. The fourth-order valence-electron chi connectivity index (χ4n) is 2.74. The van der Waals surface area contributed by atoms with E-state index in [0.29, 0.717) is 18.5 Å². The van der Waals surface area contributed by atoms with Crippen LogP contribution in [-0.2, 0) is 6.42 Å². The molecule has 0 aromatic carbocycles. The Morgan fingerprint density at radius 3 is 2.91 bits per heavy atom. The van der Waals surface area contributed by atoms with Gasteiger partial charge in [0.15, 0.2) is 0 Å². The minimum Gasteiger partial charge on any atom is -0.390 e. The van der Waals surface area contributed by atoms with Gasteiger partial charge < -0.3 is 15.3 Å². The number of aryl methyl sites for hydroxylation is 1. The number of nitrogens with zero attached hydrogens (tertiary/aromatic N) is 3. The van der Waals surface area contributed by atoms with E-state index in [1.54, 1.807) is 0 Å². The Labute approximate surface area is 132 Å². The number of hydrogen-bond acceptors (Lipinski definition) is 5. The largest absolute Gasteiger partial charge is 0.390 e. The molecule has 2 N–H and O–H groups in total. The van der Waals surface area contributed by atoms with E-state index in [4.69, 9.17) is 0 Å². The first-order valence-corrected chi connectivity index (χ1v) is 8.07. The highest BCUT2D eigenvalue weighted by atomic mass is 16.3. The summed E-state index contributed by atoms with van der Waals surface area (Å²) < 4.78 is 0. The van der Waals surface area contributed by atoms with Crippen molar-refractivity contribution >= 4 is 5.91 Å². The van der Waals surface area contributed by atoms with Gasteiger partial charge >= 0.3 is 0 Å². The van der Waals surface area contributed by atoms with Gasteiger partial charge in [-0.2, -0.15) is 0 Å². The van der Waals surface area contributed by atoms with Crippen LogP contribution in [-0.4, -0.2) is 58.2 Å². The van der Waals surface area contributed by atoms with Gasteiger partial charge in [0.1, 0.15) is 6.33 Å². The molecule has 122 valence electrons. The van der Waals surface area contributed by atoms with Gasteiger partial charge in [-0.3, -0.25) is 4.79 Å². The number of carbonyl (C=O) groups is 1. The molecule has 1 fully saturated rings. The highest BCUT2D eigenvalue weighted by molar-refractivity contribution is 5.94. The number of rotatable bonds is 6. The molecule has 2 heterocycles. The third-order valence-corrected chi connectivity index (χ3v) is 4.22. The quantitative estimate of drug-likeness (QED) is 0.815. The Kier molecular flexibility index (Phi) is 6.27. The first-order chi connectivity index (χ1) is 10.6. The van der Waals surface area contributed by atoms with Crippen molar-refractivity contribution in [1.29, 1.82) is 0 Å². The fourth-order valence-corrected chi connectivity index (χ4v) is 2.74. The number of piperidine rings is 1. The van der Waals surface area contributed by atoms with Gasteiger partial charge in [0, 0.05) is 19.3 Å². The van der Waals surface area contributed by atoms with Crippen LogP contribution < -0.4 is 5.32 Å². The number of hydrogen-bond donors (Lipinski definition) is 2. The summed E-state index contributed by atoms with van der Waals surface area (Å²) in [6.07, 6.45) is 5.47. The van der Waals surface area contributed by atoms with Gasteiger partial charge in [-0.15, -0.1) is 0 Å². The Morgan fingerprint density at radius 1 is 1.50 bits per heavy atom. The molecule has 0 saturated carbocycles. The molecular weight excluding hydrogens is 280 g/mol. The summed E-state index contributed by atoms with van der Waals surface area (Å²) >= 11 is 0. The maximum Gasteiger partial charge on any atom is 0.254 e. The van der Waals surface area contributed by atoms with Crippen LogP contribution in [0.25, 0.3) is 0 Å². The second-order valence-corrected chi connectivity index (χ2v) is 6.08. The first kappa shape index (κ1) is 16.8. The summed E-state index contributed by atoms with van der Waals surface area (Å²) in [5, 5.41) is 12.9. The average molecular weight is 306 g/mol. The molecule has 2 rings (SSSR count). The topological polar surface area (TPSA) is 78.3 Å². The monoisotopic (exact) mass is 306 g/mol. The van der Waals surface area contributed by atoms with Crippen molar-refractivity contribution in [1.82, 2.24) is 20.2 Å². The maximum absolute atomic E-state index is 12.1. The molecule has 1 aromatic rings. The molecule has 1 aliphatic rings. The highest BCUT2D eigenvalue weighted by Gasteiger charge is 2.19. The lowest BCUT2D eigenvalue weighted by Gasteiger charge is -2.31. The number of likely N-dealkylation sites (tertiary alicyclic amines) is 1. The lowest BCUT2D eigenvalue weighted by atomic mass is 9.99. The van der Waals surface area contributed by atoms with Gasteiger partial charge in [0.25, 0.3) is 5.91 Å². The third kappa shape index (κ3) is 4.74. The predicted octanol–water partition coefficient (Wildman–Crippen LogP) is 0.862. The van der Waals surface area contributed by atoms with E-state index in [-0.39, 0.29) is 12.5 Å². The molecular formula is C16H26N4O2. The van der Waals surface area contributed by atoms with Crippen molar-refractivity contribution in [3.8, 4) is 0 Å². The SMILES string of the molecule is CCc1ncncc1C(=O)NC[C@@H](O)CN1CCC(C)CC1. The summed E-state index contributed by atoms with van der Waals surface area (Å²) in [7, 11) is 0. The van der Waals surface area contributed by atoms with Crippen molar-refractivity contribution in [2.75, 3.05) is 26.2 Å². The van der Waals surface area contributed by atoms with E-state index in [1.807, 2.05) is 6.92 Å². The van der Waals surface area contributed by atoms with Crippen LogP contribution in [0.1, 0.15) is 42.7 Å². The minimum absolute atomic E-state index is 0.219. The maximum atomic E-state index is 12.1. The van der Waals surface area contributed by atoms with E-state index in [1.165, 1.54) is 25.4 Å². The van der Waals surface area contributed by atoms with Crippen molar-refractivity contribution in [3.63, 3.8) is 0 Å². The minimum atomic E-state index is -0.549. The molecule has 1 aliphatic heterocycles. The Hall–Kier alpha value is -1.53. The summed E-state index contributed by atoms with van der Waals surface area (Å²) in [5.41, 5.74) is 1.22. The van der Waals surface area contributed by atoms with Crippen LogP contribution in [0.3, 0.4) is 0 Å². The van der Waals surface area contributed by atoms with Crippen molar-refractivity contribution in [3.05, 3.63) is 23.8 Å². The fraction of sp³-hybridized carbons (Fsp3) is 0.688. The molecule has 1 aromatic heterocycles. The zero-order chi connectivity index (χ0) is 15.9. The Morgan fingerprint density at radius 2 is 2.23 bits per heavy atom. The molecule has 1 amide bonds. The molecule has 0 unspecified atom stereocenters. The Bertz CT molecular complexity index is 487. The van der Waals surface area contributed by atoms with Crippen LogP contribution in [0, 0.1) is 5.92 Å². The summed E-state index contributed by atoms with van der Waals surface area (Å²) in [6, 6.07) is 0. The Balaban J connectivity index is 1.78. The zero-order valence-corrected chi connectivity index (χ0v) is 13.5. The molecule has 0 bridgehead atoms. The number of aliphatic hydroxyl groups excluding tert-OH is 1. The normalized spacial score (nSPS) is 18.1. The molecule has 6 nitrogen and oxygen atoms in total. The second-order valence-electron chi connectivity index (χ2n) is 6.08. The number of β-amino-alcohol motifs (C(OH)–C–C–N with tert-alkyl or cyclic N) is 1. The smallest absolute Gasteiger partial charge is 0.254 e. The van der Waals surface area contributed by atoms with E-state index in [2.05, 4.69) is 27.1 Å². The van der Waals surface area contributed by atoms with Gasteiger partial charge in [0.2, 0.25) is 0 Å². The van der Waals surface area contributed by atoms with Gasteiger partial charge in [-0.25, -0.2) is 9.97 Å². The van der Waals surface area contributed by atoms with Crippen LogP contribution in [0.4, 0.5) is 0 Å². The van der Waals surface area contributed by atoms with Crippen molar-refractivity contribution in [2.45, 2.75) is 39.2 Å². The van der Waals surface area contributed by atoms with Crippen LogP contribution in [0.2, 0.25) is 0 Å². The highest BCUT2D eigenvalue weighted by Crippen LogP contribution is 2.15. The number of aliphatic hydroxyl groups is 1. The van der Waals surface area contributed by atoms with Crippen LogP contribution in [0.15, 0.2) is 12.5 Å². The number of nitrogens with one attached hydrogen (secondary N) is 1. The van der Waals surface area contributed by atoms with E-state index < -0.39 is 6.10 Å². The first-order valence-electron chi connectivity index (χ1n) is 8.07. The standard InChI is InChI=1S/C16H26N4O2/c1-3-15-14(9-17-11-19-15)16(22)18-8-13(21)10-20-6-4-12(2)5-7-20/h9,11-13,21H,3-8,10H2,1-2H3,(H,18,22)/t13-/m1/s1. The number of carbonyl (C=O) groups excluding carboxylic acids is 1. The lowest BCUT2D eigenvalue weighted by molar-refractivity contribution is 0.0794. The van der Waals surface area contributed by atoms with E-state index >= 15 is 0 Å². The van der Waals surface area contributed by atoms with Crippen molar-refractivity contribution < 1.29 is 9.90 Å². The lowest BCUT2D eigenvalue weighted by Crippen LogP contribution is -2.43. The zero-order valence-electron chi connectivity index (χ0n) is 13.5. The van der Waals surface area contributed by atoms with Gasteiger partial charge in [0.05, 0.1) is 17.4 Å². The van der Waals surface area contributed by atoms with Crippen molar-refractivity contribution in [2.24, 2.45) is 5.92 Å². The summed E-state index contributed by atoms with van der Waals surface area (Å²) in [5.74, 6) is 0.558. The molecule has 0 aliphatic carbocycles. The van der Waals surface area contributed by atoms with Crippen LogP contribution >= 0.6 is 0 Å². The van der Waals surface area contributed by atoms with Gasteiger partial charge in [-0.05, 0) is 38.3 Å². The van der Waals surface area contributed by atoms with Gasteiger partial charge in [-0.1, -0.05) is 13.8 Å². The third-order valence-electron chi connectivity index (χ3n) is 4.22. The average Bonchev–Trinajstić information content (AvgIpc) is 2.54. The summed E-state index contributed by atoms with van der Waals surface area (Å²) in [4.78, 5) is 22.4. The molecule has 22 heavy (non-hydrogen) atoms. The number of amides is 1. The molecule has 1 atom stereocenters. The molecule has 0 spiro atoms. The van der Waals surface area contributed by atoms with E-state index in [9.17, 15) is 9.90 Å². The second kappa shape index (κ2) is 8.19. The molecule has 6 heteroatoms. The summed E-state index contributed by atoms with van der Waals surface area (Å²) in [6.45, 7) is 7.13. The predicted molar refractivity (Wildman–Crippen MR) is 84.6 cm³/mol. The molecule has 0 radical (unpaired) electrons.